The number of sulfonamides is 1. The molecular formula is C25H23BN6O3S. The molecular weight excluding hydrogens is 475 g/mol. The molecule has 0 spiro atoms. The van der Waals surface area contributed by atoms with Crippen LogP contribution < -0.4 is 21.2 Å². The standard InChI is InChI=1S/C25H23BN6O3S/c26-21-15-29-32-24(13-22(30-25(21)32)20-6-1-2-7-23(20)33)28-14-16-4-3-5-18(12-16)31-36(34,35)19-10-8-17(27)9-11-19/h1-13,15,28,31,33H,14,26-27H2. The van der Waals surface area contributed by atoms with Crippen LogP contribution in [0.4, 0.5) is 17.2 Å². The minimum Gasteiger partial charge on any atom is -0.507 e. The van der Waals surface area contributed by atoms with Crippen molar-refractivity contribution >= 4 is 46.2 Å². The molecule has 5 aromatic rings. The predicted octanol–water partition coefficient (Wildman–Crippen LogP) is 2.36. The lowest BCUT2D eigenvalue weighted by atomic mass is 10.0. The van der Waals surface area contributed by atoms with E-state index in [2.05, 4.69) is 20.1 Å². The van der Waals surface area contributed by atoms with Crippen molar-refractivity contribution in [1.82, 2.24) is 14.6 Å². The average molecular weight is 498 g/mol. The number of phenolic OH excluding ortho intramolecular Hbond substituents is 1. The van der Waals surface area contributed by atoms with Crippen molar-refractivity contribution in [3.8, 4) is 17.0 Å². The second-order valence-corrected chi connectivity index (χ2v) is 10.0. The summed E-state index contributed by atoms with van der Waals surface area (Å²) >= 11 is 0. The Morgan fingerprint density at radius 1 is 1.00 bits per heavy atom. The summed E-state index contributed by atoms with van der Waals surface area (Å²) in [6, 6.07) is 22.0. The average Bonchev–Trinajstić information content (AvgIpc) is 3.24. The molecule has 0 amide bonds. The van der Waals surface area contributed by atoms with Crippen LogP contribution in [0.3, 0.4) is 0 Å². The molecule has 2 aromatic heterocycles. The first kappa shape index (κ1) is 23.2. The molecule has 0 aliphatic heterocycles. The van der Waals surface area contributed by atoms with Gasteiger partial charge in [-0.05, 0) is 59.6 Å². The van der Waals surface area contributed by atoms with Crippen molar-refractivity contribution in [1.29, 1.82) is 0 Å². The monoisotopic (exact) mass is 498 g/mol. The Balaban J connectivity index is 1.40. The van der Waals surface area contributed by atoms with E-state index in [-0.39, 0.29) is 10.6 Å². The molecule has 0 aliphatic carbocycles. The maximum absolute atomic E-state index is 12.7. The number of nitrogens with two attached hydrogens (primary N) is 1. The molecule has 0 saturated carbocycles. The first-order valence-corrected chi connectivity index (χ1v) is 12.6. The van der Waals surface area contributed by atoms with Crippen LogP contribution in [0.2, 0.25) is 0 Å². The molecule has 36 heavy (non-hydrogen) atoms. The van der Waals surface area contributed by atoms with Gasteiger partial charge in [0.2, 0.25) is 0 Å². The van der Waals surface area contributed by atoms with E-state index in [0.29, 0.717) is 40.6 Å². The molecule has 2 heterocycles. The summed E-state index contributed by atoms with van der Waals surface area (Å²) in [7, 11) is -1.83. The van der Waals surface area contributed by atoms with Crippen LogP contribution in [-0.4, -0.2) is 36.0 Å². The van der Waals surface area contributed by atoms with Crippen LogP contribution in [0.5, 0.6) is 5.75 Å². The summed E-state index contributed by atoms with van der Waals surface area (Å²) < 4.78 is 29.8. The van der Waals surface area contributed by atoms with E-state index in [9.17, 15) is 13.5 Å². The Morgan fingerprint density at radius 3 is 2.56 bits per heavy atom. The van der Waals surface area contributed by atoms with Crippen molar-refractivity contribution in [3.05, 3.63) is 90.6 Å². The lowest BCUT2D eigenvalue weighted by Gasteiger charge is -2.13. The lowest BCUT2D eigenvalue weighted by Crippen LogP contribution is -2.13. The first-order valence-electron chi connectivity index (χ1n) is 11.1. The fraction of sp³-hybridized carbons (Fsp3) is 0.0400. The Bertz CT molecular complexity index is 1670. The molecule has 0 bridgehead atoms. The van der Waals surface area contributed by atoms with Gasteiger partial charge in [0, 0.05) is 35.7 Å². The second kappa shape index (κ2) is 9.27. The van der Waals surface area contributed by atoms with Gasteiger partial charge >= 0.3 is 0 Å². The molecule has 0 saturated heterocycles. The number of benzene rings is 3. The van der Waals surface area contributed by atoms with E-state index >= 15 is 0 Å². The maximum Gasteiger partial charge on any atom is 0.261 e. The van der Waals surface area contributed by atoms with Gasteiger partial charge in [-0.25, -0.2) is 13.4 Å². The molecule has 0 radical (unpaired) electrons. The van der Waals surface area contributed by atoms with Gasteiger partial charge in [-0.1, -0.05) is 24.3 Å². The third-order valence-electron chi connectivity index (χ3n) is 5.67. The van der Waals surface area contributed by atoms with Crippen LogP contribution in [-0.2, 0) is 16.6 Å². The number of nitrogens with one attached hydrogen (secondary N) is 2. The van der Waals surface area contributed by atoms with E-state index in [4.69, 9.17) is 5.73 Å². The second-order valence-electron chi connectivity index (χ2n) is 8.34. The highest BCUT2D eigenvalue weighted by atomic mass is 32.2. The van der Waals surface area contributed by atoms with Crippen molar-refractivity contribution in [2.75, 3.05) is 15.8 Å². The number of phenols is 1. The number of fused-ring (bicyclic) bond motifs is 1. The minimum atomic E-state index is -3.75. The Morgan fingerprint density at radius 2 is 1.78 bits per heavy atom. The number of rotatable bonds is 7. The summed E-state index contributed by atoms with van der Waals surface area (Å²) in [4.78, 5) is 4.82. The highest BCUT2D eigenvalue weighted by Crippen LogP contribution is 2.29. The van der Waals surface area contributed by atoms with E-state index in [1.54, 1.807) is 59.2 Å². The molecule has 9 nitrogen and oxygen atoms in total. The van der Waals surface area contributed by atoms with Gasteiger partial charge < -0.3 is 16.2 Å². The van der Waals surface area contributed by atoms with Crippen LogP contribution in [0.1, 0.15) is 5.56 Å². The zero-order valence-electron chi connectivity index (χ0n) is 19.4. The van der Waals surface area contributed by atoms with Crippen molar-refractivity contribution in [2.24, 2.45) is 0 Å². The van der Waals surface area contributed by atoms with Crippen molar-refractivity contribution < 1.29 is 13.5 Å². The molecule has 180 valence electrons. The summed E-state index contributed by atoms with van der Waals surface area (Å²) in [5.74, 6) is 0.817. The molecule has 0 fully saturated rings. The van der Waals surface area contributed by atoms with E-state index in [1.165, 1.54) is 12.1 Å². The zero-order chi connectivity index (χ0) is 25.3. The van der Waals surface area contributed by atoms with E-state index < -0.39 is 10.0 Å². The van der Waals surface area contributed by atoms with Gasteiger partial charge in [-0.3, -0.25) is 4.72 Å². The summed E-state index contributed by atoms with van der Waals surface area (Å²) in [5.41, 5.74) is 10.2. The van der Waals surface area contributed by atoms with E-state index in [0.717, 1.165) is 11.0 Å². The van der Waals surface area contributed by atoms with E-state index in [1.807, 2.05) is 26.0 Å². The molecule has 3 aromatic carbocycles. The Labute approximate surface area is 209 Å². The summed E-state index contributed by atoms with van der Waals surface area (Å²) in [6.07, 6.45) is 1.73. The molecule has 11 heteroatoms. The minimum absolute atomic E-state index is 0.130. The number of hydrogen-bond donors (Lipinski definition) is 4. The van der Waals surface area contributed by atoms with Crippen molar-refractivity contribution in [3.63, 3.8) is 0 Å². The number of nitrogens with zero attached hydrogens (tertiary/aromatic N) is 3. The summed E-state index contributed by atoms with van der Waals surface area (Å²) in [6.45, 7) is 0.398. The first-order chi connectivity index (χ1) is 17.3. The number of hydrogen-bond acceptors (Lipinski definition) is 7. The molecule has 0 unspecified atom stereocenters. The zero-order valence-corrected chi connectivity index (χ0v) is 20.2. The highest BCUT2D eigenvalue weighted by Gasteiger charge is 2.15. The van der Waals surface area contributed by atoms with Crippen molar-refractivity contribution in [2.45, 2.75) is 11.4 Å². The highest BCUT2D eigenvalue weighted by molar-refractivity contribution is 7.92. The molecule has 0 aliphatic rings. The maximum atomic E-state index is 12.7. The topological polar surface area (TPSA) is 135 Å². The fourth-order valence-corrected chi connectivity index (χ4v) is 4.87. The predicted molar refractivity (Wildman–Crippen MR) is 144 cm³/mol. The smallest absolute Gasteiger partial charge is 0.261 e. The number of para-hydroxylation sites is 1. The van der Waals surface area contributed by atoms with Gasteiger partial charge in [0.15, 0.2) is 5.65 Å². The van der Waals surface area contributed by atoms with Crippen LogP contribution in [0, 0.1) is 0 Å². The van der Waals surface area contributed by atoms with Crippen LogP contribution in [0.25, 0.3) is 16.9 Å². The Kier molecular flexibility index (Phi) is 5.99. The van der Waals surface area contributed by atoms with Gasteiger partial charge in [-0.15, -0.1) is 0 Å². The van der Waals surface area contributed by atoms with Crippen LogP contribution in [0.15, 0.2) is 90.0 Å². The third kappa shape index (κ3) is 4.69. The van der Waals surface area contributed by atoms with Gasteiger partial charge in [-0.2, -0.15) is 9.61 Å². The van der Waals surface area contributed by atoms with Gasteiger partial charge in [0.05, 0.1) is 10.6 Å². The quantitative estimate of drug-likeness (QED) is 0.200. The third-order valence-corrected chi connectivity index (χ3v) is 7.07. The Hall–Kier alpha value is -4.51. The largest absolute Gasteiger partial charge is 0.507 e. The molecule has 5 N–H and O–H groups in total. The summed E-state index contributed by atoms with van der Waals surface area (Å²) in [5, 5.41) is 18.1. The number of aromatic hydroxyl groups is 1. The van der Waals surface area contributed by atoms with Gasteiger partial charge in [0.1, 0.15) is 19.4 Å². The normalized spacial score (nSPS) is 11.4. The number of nitrogen functional groups attached to an aromatic ring is 1. The lowest BCUT2D eigenvalue weighted by molar-refractivity contribution is 0.477. The number of anilines is 3. The number of aromatic nitrogens is 3. The molecule has 0 atom stereocenters. The fourth-order valence-electron chi connectivity index (χ4n) is 3.83. The van der Waals surface area contributed by atoms with Gasteiger partial charge in [0.25, 0.3) is 10.0 Å². The van der Waals surface area contributed by atoms with Crippen LogP contribution >= 0.6 is 0 Å². The SMILES string of the molecule is Bc1cnn2c(NCc3cccc(NS(=O)(=O)c4ccc(N)cc4)c3)cc(-c3ccccc3O)nc12. The molecule has 5 rings (SSSR count).